The molecule has 2 rings (SSSR count). The molecular weight excluding hydrogens is 282 g/mol. The second-order valence-corrected chi connectivity index (χ2v) is 5.89. The number of fused-ring (bicyclic) bond motifs is 1. The lowest BCUT2D eigenvalue weighted by molar-refractivity contribution is 0.840. The second kappa shape index (κ2) is 6.05. The molecule has 0 aromatic carbocycles. The minimum atomic E-state index is 0.193. The number of hydrogen-bond acceptors (Lipinski definition) is 5. The van der Waals surface area contributed by atoms with Crippen LogP contribution in [0.5, 0.6) is 0 Å². The van der Waals surface area contributed by atoms with Crippen LogP contribution < -0.4 is 11.5 Å². The monoisotopic (exact) mass is 301 g/mol. The molecule has 4 N–H and O–H groups in total. The zero-order valence-electron chi connectivity index (χ0n) is 12.4. The first-order valence-electron chi connectivity index (χ1n) is 6.47. The number of nitrogen functional groups attached to an aromatic ring is 2. The number of rotatable bonds is 4. The Bertz CT molecular complexity index is 755. The molecule has 0 atom stereocenters. The molecule has 0 spiro atoms. The van der Waals surface area contributed by atoms with E-state index in [1.54, 1.807) is 17.8 Å². The van der Waals surface area contributed by atoms with Crippen LogP contribution in [0.25, 0.3) is 11.0 Å². The van der Waals surface area contributed by atoms with Gasteiger partial charge in [0.1, 0.15) is 11.5 Å². The third-order valence-electron chi connectivity index (χ3n) is 3.09. The Morgan fingerprint density at radius 2 is 2.00 bits per heavy atom. The van der Waals surface area contributed by atoms with Gasteiger partial charge in [0.05, 0.1) is 10.4 Å². The van der Waals surface area contributed by atoms with E-state index in [0.717, 1.165) is 26.5 Å². The van der Waals surface area contributed by atoms with Gasteiger partial charge in [-0.1, -0.05) is 42.6 Å². The van der Waals surface area contributed by atoms with Crippen molar-refractivity contribution in [1.82, 2.24) is 14.5 Å². The van der Waals surface area contributed by atoms with Gasteiger partial charge in [0.15, 0.2) is 0 Å². The Kier molecular flexibility index (Phi) is 4.37. The van der Waals surface area contributed by atoms with Gasteiger partial charge in [0.2, 0.25) is 5.95 Å². The molecule has 2 aromatic heterocycles. The summed E-state index contributed by atoms with van der Waals surface area (Å²) in [6, 6.07) is 0. The van der Waals surface area contributed by atoms with Crippen molar-refractivity contribution in [2.24, 2.45) is 7.05 Å². The lowest BCUT2D eigenvalue weighted by Gasteiger charge is -2.04. The predicted molar refractivity (Wildman–Crippen MR) is 91.0 cm³/mol. The summed E-state index contributed by atoms with van der Waals surface area (Å²) in [6.45, 7) is 7.72. The van der Waals surface area contributed by atoms with E-state index in [4.69, 9.17) is 11.5 Å². The van der Waals surface area contributed by atoms with Gasteiger partial charge in [0.25, 0.3) is 0 Å². The average molecular weight is 301 g/mol. The summed E-state index contributed by atoms with van der Waals surface area (Å²) in [5.74, 6) is 0.615. The maximum absolute atomic E-state index is 5.98. The van der Waals surface area contributed by atoms with Crippen LogP contribution in [0, 0.1) is 6.92 Å². The second-order valence-electron chi connectivity index (χ2n) is 4.65. The predicted octanol–water partition coefficient (Wildman–Crippen LogP) is 3.18. The van der Waals surface area contributed by atoms with E-state index >= 15 is 0 Å². The van der Waals surface area contributed by atoms with Crippen LogP contribution in [-0.2, 0) is 7.05 Å². The molecule has 110 valence electrons. The van der Waals surface area contributed by atoms with E-state index in [2.05, 4.69) is 23.5 Å². The van der Waals surface area contributed by atoms with Crippen LogP contribution in [0.15, 0.2) is 40.8 Å². The molecule has 0 saturated carbocycles. The molecule has 0 aliphatic rings. The smallest absolute Gasteiger partial charge is 0.223 e. The largest absolute Gasteiger partial charge is 0.383 e. The van der Waals surface area contributed by atoms with Crippen LogP contribution >= 0.6 is 11.8 Å². The summed E-state index contributed by atoms with van der Waals surface area (Å²) in [6.07, 6.45) is 7.63. The maximum atomic E-state index is 5.98. The van der Waals surface area contributed by atoms with Crippen LogP contribution in [-0.4, -0.2) is 14.5 Å². The lowest BCUT2D eigenvalue weighted by atomic mass is 10.2. The van der Waals surface area contributed by atoms with Gasteiger partial charge >= 0.3 is 0 Å². The fraction of sp³-hybridized carbons (Fsp3) is 0.200. The number of nitrogens with zero attached hydrogens (tertiary/aromatic N) is 3. The number of nitrogens with two attached hydrogens (primary N) is 2. The highest BCUT2D eigenvalue weighted by molar-refractivity contribution is 8.03. The van der Waals surface area contributed by atoms with E-state index in [1.165, 1.54) is 0 Å². The minimum Gasteiger partial charge on any atom is -0.383 e. The molecular formula is C15H19N5S. The van der Waals surface area contributed by atoms with E-state index in [1.807, 2.05) is 36.8 Å². The summed E-state index contributed by atoms with van der Waals surface area (Å²) in [7, 11) is 1.95. The zero-order valence-corrected chi connectivity index (χ0v) is 13.2. The van der Waals surface area contributed by atoms with Gasteiger partial charge in [0, 0.05) is 7.05 Å². The number of allylic oxidation sites excluding steroid dienone is 5. The normalized spacial score (nSPS) is 12.4. The standard InChI is InChI=1S/C15H19N5S/c1-5-6-7-8-9(2)21-14-10(3)11-12(16)18-15(17)19-13(11)20(14)4/h5-8H,1H2,2-4H3,(H4,16,17,18,19)/b7-6-,9-8+. The molecule has 21 heavy (non-hydrogen) atoms. The Labute approximate surface area is 128 Å². The van der Waals surface area contributed by atoms with Crippen molar-refractivity contribution < 1.29 is 0 Å². The summed E-state index contributed by atoms with van der Waals surface area (Å²) in [5, 5.41) is 1.95. The van der Waals surface area contributed by atoms with Gasteiger partial charge in [-0.3, -0.25) is 0 Å². The molecule has 0 fully saturated rings. The first-order chi connectivity index (χ1) is 9.95. The molecule has 2 heterocycles. The molecule has 6 heteroatoms. The van der Waals surface area contributed by atoms with Gasteiger partial charge in [-0.25, -0.2) is 0 Å². The fourth-order valence-electron chi connectivity index (χ4n) is 2.14. The van der Waals surface area contributed by atoms with Crippen molar-refractivity contribution >= 4 is 34.6 Å². The highest BCUT2D eigenvalue weighted by Gasteiger charge is 2.17. The molecule has 2 aromatic rings. The lowest BCUT2D eigenvalue weighted by Crippen LogP contribution is -2.01. The van der Waals surface area contributed by atoms with E-state index in [-0.39, 0.29) is 5.95 Å². The van der Waals surface area contributed by atoms with Crippen molar-refractivity contribution in [2.75, 3.05) is 11.5 Å². The number of thioether (sulfide) groups is 1. The molecule has 0 unspecified atom stereocenters. The quantitative estimate of drug-likeness (QED) is 0.669. The number of anilines is 2. The Balaban J connectivity index is 2.50. The number of aryl methyl sites for hydroxylation is 2. The topological polar surface area (TPSA) is 82.8 Å². The van der Waals surface area contributed by atoms with Gasteiger partial charge < -0.3 is 16.0 Å². The van der Waals surface area contributed by atoms with Crippen LogP contribution in [0.1, 0.15) is 12.5 Å². The van der Waals surface area contributed by atoms with Crippen LogP contribution in [0.4, 0.5) is 11.8 Å². The summed E-state index contributed by atoms with van der Waals surface area (Å²) >= 11 is 1.66. The fourth-order valence-corrected chi connectivity index (χ4v) is 3.07. The van der Waals surface area contributed by atoms with Crippen molar-refractivity contribution in [1.29, 1.82) is 0 Å². The molecule has 0 saturated heterocycles. The first kappa shape index (κ1) is 15.2. The van der Waals surface area contributed by atoms with E-state index < -0.39 is 0 Å². The van der Waals surface area contributed by atoms with Gasteiger partial charge in [-0.15, -0.1) is 0 Å². The van der Waals surface area contributed by atoms with E-state index in [0.29, 0.717) is 5.82 Å². The van der Waals surface area contributed by atoms with E-state index in [9.17, 15) is 0 Å². The minimum absolute atomic E-state index is 0.193. The molecule has 0 bridgehead atoms. The Hall–Kier alpha value is -2.21. The van der Waals surface area contributed by atoms with Crippen molar-refractivity contribution in [3.8, 4) is 0 Å². The zero-order chi connectivity index (χ0) is 15.6. The molecule has 0 aliphatic carbocycles. The van der Waals surface area contributed by atoms with Crippen molar-refractivity contribution in [2.45, 2.75) is 18.9 Å². The SMILES string of the molecule is C=C/C=C\C=C(/C)Sc1c(C)c2c(N)nc(N)nc2n1C. The molecule has 0 radical (unpaired) electrons. The molecule has 0 amide bonds. The van der Waals surface area contributed by atoms with Gasteiger partial charge in [-0.2, -0.15) is 9.97 Å². The number of aromatic nitrogens is 3. The molecule has 0 aliphatic heterocycles. The van der Waals surface area contributed by atoms with Crippen molar-refractivity contribution in [3.05, 3.63) is 41.4 Å². The number of hydrogen-bond donors (Lipinski definition) is 2. The molecule has 5 nitrogen and oxygen atoms in total. The highest BCUT2D eigenvalue weighted by Crippen LogP contribution is 2.36. The third-order valence-corrected chi connectivity index (χ3v) is 4.32. The summed E-state index contributed by atoms with van der Waals surface area (Å²) < 4.78 is 2.00. The summed E-state index contributed by atoms with van der Waals surface area (Å²) in [5.41, 5.74) is 13.5. The maximum Gasteiger partial charge on any atom is 0.223 e. The highest BCUT2D eigenvalue weighted by atomic mass is 32.2. The van der Waals surface area contributed by atoms with Crippen LogP contribution in [0.3, 0.4) is 0 Å². The summed E-state index contributed by atoms with van der Waals surface area (Å²) in [4.78, 5) is 9.49. The van der Waals surface area contributed by atoms with Crippen molar-refractivity contribution in [3.63, 3.8) is 0 Å². The average Bonchev–Trinajstić information content (AvgIpc) is 2.64. The Morgan fingerprint density at radius 1 is 1.29 bits per heavy atom. The third kappa shape index (κ3) is 2.95. The Morgan fingerprint density at radius 3 is 2.67 bits per heavy atom. The van der Waals surface area contributed by atoms with Crippen LogP contribution in [0.2, 0.25) is 0 Å². The first-order valence-corrected chi connectivity index (χ1v) is 7.29. The van der Waals surface area contributed by atoms with Gasteiger partial charge in [-0.05, 0) is 24.3 Å².